The minimum absolute atomic E-state index is 0.389. The first-order valence-corrected chi connectivity index (χ1v) is 4.87. The Bertz CT molecular complexity index is 144. The summed E-state index contributed by atoms with van der Waals surface area (Å²) in [5.74, 6) is 0.683. The van der Waals surface area contributed by atoms with E-state index in [2.05, 4.69) is 9.64 Å². The molecular weight excluding hydrogens is 192 g/mol. The summed E-state index contributed by atoms with van der Waals surface area (Å²) in [4.78, 5) is 12.3. The van der Waals surface area contributed by atoms with E-state index in [1.54, 1.807) is 0 Å². The van der Waals surface area contributed by atoms with Crippen molar-refractivity contribution in [3.05, 3.63) is 0 Å². The van der Waals surface area contributed by atoms with Crippen LogP contribution in [0.4, 0.5) is 4.79 Å². The van der Waals surface area contributed by atoms with E-state index in [1.807, 2.05) is 7.05 Å². The average Bonchev–Trinajstić information content (AvgIpc) is 2.08. The molecule has 0 atom stereocenters. The Labute approximate surface area is 84.0 Å². The quantitative estimate of drug-likeness (QED) is 0.502. The highest BCUT2D eigenvalue weighted by atomic mass is 35.5. The van der Waals surface area contributed by atoms with Crippen LogP contribution in [-0.2, 0) is 4.74 Å². The maximum atomic E-state index is 10.2. The van der Waals surface area contributed by atoms with Crippen molar-refractivity contribution >= 4 is 17.7 Å². The standard InChI is InChI=1S/C8H17ClN2O2/c1-11(5-2-4-9)6-3-7-13-8(10)12/h2-7H2,1H3,(H2,10,12). The summed E-state index contributed by atoms with van der Waals surface area (Å²) in [6.07, 6.45) is 1.08. The molecule has 0 rings (SSSR count). The molecule has 78 valence electrons. The maximum absolute atomic E-state index is 10.2. The third kappa shape index (κ3) is 9.43. The van der Waals surface area contributed by atoms with Gasteiger partial charge in [-0.15, -0.1) is 11.6 Å². The summed E-state index contributed by atoms with van der Waals surface area (Å²) in [6.45, 7) is 2.25. The van der Waals surface area contributed by atoms with E-state index < -0.39 is 6.09 Å². The molecule has 0 aliphatic carbocycles. The molecule has 0 spiro atoms. The van der Waals surface area contributed by atoms with Gasteiger partial charge in [-0.05, 0) is 26.4 Å². The molecule has 0 aromatic carbocycles. The van der Waals surface area contributed by atoms with Gasteiger partial charge >= 0.3 is 6.09 Å². The number of hydrogen-bond donors (Lipinski definition) is 1. The Hall–Kier alpha value is -0.480. The molecule has 0 heterocycles. The molecule has 0 aromatic rings. The Morgan fingerprint density at radius 2 is 2.08 bits per heavy atom. The molecular formula is C8H17ClN2O2. The molecule has 2 N–H and O–H groups in total. The fourth-order valence-electron chi connectivity index (χ4n) is 0.949. The van der Waals surface area contributed by atoms with Gasteiger partial charge in [0.25, 0.3) is 0 Å². The minimum Gasteiger partial charge on any atom is -0.450 e. The fourth-order valence-corrected chi connectivity index (χ4v) is 1.07. The number of carbonyl (C=O) groups excluding carboxylic acids is 1. The Morgan fingerprint density at radius 3 is 2.62 bits per heavy atom. The van der Waals surface area contributed by atoms with Gasteiger partial charge < -0.3 is 15.4 Å². The molecule has 0 aromatic heterocycles. The van der Waals surface area contributed by atoms with Crippen molar-refractivity contribution in [1.82, 2.24) is 4.90 Å². The van der Waals surface area contributed by atoms with Crippen LogP contribution in [0.25, 0.3) is 0 Å². The number of halogens is 1. The Kier molecular flexibility index (Phi) is 7.83. The van der Waals surface area contributed by atoms with Gasteiger partial charge in [0.15, 0.2) is 0 Å². The van der Waals surface area contributed by atoms with Gasteiger partial charge in [0, 0.05) is 12.4 Å². The summed E-state index contributed by atoms with van der Waals surface area (Å²) in [6, 6.07) is 0. The SMILES string of the molecule is CN(CCCCl)CCCOC(N)=O. The van der Waals surface area contributed by atoms with Crippen LogP contribution in [0.3, 0.4) is 0 Å². The van der Waals surface area contributed by atoms with Gasteiger partial charge in [0.2, 0.25) is 0 Å². The van der Waals surface area contributed by atoms with Crippen LogP contribution < -0.4 is 5.73 Å². The van der Waals surface area contributed by atoms with Crippen LogP contribution in [0.1, 0.15) is 12.8 Å². The first-order chi connectivity index (χ1) is 6.16. The number of rotatable bonds is 7. The van der Waals surface area contributed by atoms with Gasteiger partial charge in [-0.3, -0.25) is 0 Å². The number of alkyl halides is 1. The molecule has 0 aliphatic rings. The Balaban J connectivity index is 3.16. The van der Waals surface area contributed by atoms with Crippen LogP contribution in [-0.4, -0.2) is 43.6 Å². The van der Waals surface area contributed by atoms with Gasteiger partial charge in [0.05, 0.1) is 6.61 Å². The zero-order valence-electron chi connectivity index (χ0n) is 7.96. The van der Waals surface area contributed by atoms with Crippen molar-refractivity contribution in [2.24, 2.45) is 5.73 Å². The van der Waals surface area contributed by atoms with E-state index in [1.165, 1.54) is 0 Å². The highest BCUT2D eigenvalue weighted by molar-refractivity contribution is 6.17. The first-order valence-electron chi connectivity index (χ1n) is 4.33. The number of hydrogen-bond acceptors (Lipinski definition) is 3. The van der Waals surface area contributed by atoms with Crippen LogP contribution in [0.15, 0.2) is 0 Å². The molecule has 0 aliphatic heterocycles. The van der Waals surface area contributed by atoms with Gasteiger partial charge in [-0.25, -0.2) is 4.79 Å². The number of amides is 1. The molecule has 0 saturated heterocycles. The van der Waals surface area contributed by atoms with E-state index in [4.69, 9.17) is 17.3 Å². The molecule has 4 nitrogen and oxygen atoms in total. The molecule has 5 heteroatoms. The second-order valence-electron chi connectivity index (χ2n) is 2.87. The topological polar surface area (TPSA) is 55.6 Å². The van der Waals surface area contributed by atoms with Crippen LogP contribution in [0, 0.1) is 0 Å². The average molecular weight is 209 g/mol. The zero-order chi connectivity index (χ0) is 10.1. The van der Waals surface area contributed by atoms with Gasteiger partial charge in [-0.1, -0.05) is 0 Å². The summed E-state index contributed by atoms with van der Waals surface area (Å²) in [7, 11) is 2.01. The number of carbonyl (C=O) groups is 1. The summed E-state index contributed by atoms with van der Waals surface area (Å²) >= 11 is 5.54. The van der Waals surface area contributed by atoms with Gasteiger partial charge in [0.1, 0.15) is 0 Å². The largest absolute Gasteiger partial charge is 0.450 e. The third-order valence-corrected chi connectivity index (χ3v) is 1.87. The number of ether oxygens (including phenoxy) is 1. The molecule has 0 fully saturated rings. The van der Waals surface area contributed by atoms with Gasteiger partial charge in [-0.2, -0.15) is 0 Å². The monoisotopic (exact) mass is 208 g/mol. The lowest BCUT2D eigenvalue weighted by molar-refractivity contribution is 0.150. The lowest BCUT2D eigenvalue weighted by Crippen LogP contribution is -2.23. The fraction of sp³-hybridized carbons (Fsp3) is 0.875. The molecule has 0 unspecified atom stereocenters. The molecule has 1 amide bonds. The highest BCUT2D eigenvalue weighted by Gasteiger charge is 1.98. The first kappa shape index (κ1) is 12.5. The second kappa shape index (κ2) is 8.13. The van der Waals surface area contributed by atoms with Crippen molar-refractivity contribution in [2.45, 2.75) is 12.8 Å². The van der Waals surface area contributed by atoms with E-state index >= 15 is 0 Å². The smallest absolute Gasteiger partial charge is 0.404 e. The minimum atomic E-state index is -0.705. The lowest BCUT2D eigenvalue weighted by Gasteiger charge is -2.14. The predicted octanol–water partition coefficient (Wildman–Crippen LogP) is 1.03. The molecule has 13 heavy (non-hydrogen) atoms. The molecule has 0 bridgehead atoms. The summed E-state index contributed by atoms with van der Waals surface area (Å²) in [5, 5.41) is 0. The van der Waals surface area contributed by atoms with Crippen molar-refractivity contribution in [2.75, 3.05) is 32.6 Å². The number of primary amides is 1. The maximum Gasteiger partial charge on any atom is 0.404 e. The summed E-state index contributed by atoms with van der Waals surface area (Å²) < 4.78 is 4.58. The van der Waals surface area contributed by atoms with Crippen molar-refractivity contribution in [1.29, 1.82) is 0 Å². The molecule has 0 saturated carbocycles. The summed E-state index contributed by atoms with van der Waals surface area (Å²) in [5.41, 5.74) is 4.80. The number of nitrogens with zero attached hydrogens (tertiary/aromatic N) is 1. The van der Waals surface area contributed by atoms with E-state index in [0.717, 1.165) is 25.9 Å². The van der Waals surface area contributed by atoms with Crippen molar-refractivity contribution < 1.29 is 9.53 Å². The van der Waals surface area contributed by atoms with E-state index in [9.17, 15) is 4.79 Å². The Morgan fingerprint density at radius 1 is 1.46 bits per heavy atom. The van der Waals surface area contributed by atoms with Crippen molar-refractivity contribution in [3.8, 4) is 0 Å². The predicted molar refractivity (Wildman–Crippen MR) is 53.0 cm³/mol. The van der Waals surface area contributed by atoms with Crippen LogP contribution >= 0.6 is 11.6 Å². The van der Waals surface area contributed by atoms with Crippen LogP contribution in [0.5, 0.6) is 0 Å². The molecule has 0 radical (unpaired) electrons. The lowest BCUT2D eigenvalue weighted by atomic mass is 10.4. The normalized spacial score (nSPS) is 10.4. The zero-order valence-corrected chi connectivity index (χ0v) is 8.72. The second-order valence-corrected chi connectivity index (χ2v) is 3.24. The van der Waals surface area contributed by atoms with E-state index in [0.29, 0.717) is 12.5 Å². The number of nitrogens with two attached hydrogens (primary N) is 1. The van der Waals surface area contributed by atoms with E-state index in [-0.39, 0.29) is 0 Å². The van der Waals surface area contributed by atoms with Crippen molar-refractivity contribution in [3.63, 3.8) is 0 Å². The highest BCUT2D eigenvalue weighted by Crippen LogP contribution is 1.92. The van der Waals surface area contributed by atoms with Crippen LogP contribution in [0.2, 0.25) is 0 Å². The third-order valence-electron chi connectivity index (χ3n) is 1.60.